The van der Waals surface area contributed by atoms with Crippen LogP contribution in [0.25, 0.3) is 0 Å². The highest BCUT2D eigenvalue weighted by Gasteiger charge is 2.21. The number of rotatable bonds is 7. The fourth-order valence-electron chi connectivity index (χ4n) is 3.57. The normalized spacial score (nSPS) is 16.0. The number of hydrogen-bond acceptors (Lipinski definition) is 3. The Bertz CT molecular complexity index is 781. The molecular weight excluding hydrogens is 404 g/mol. The van der Waals surface area contributed by atoms with Crippen LogP contribution >= 0.6 is 15.9 Å². The van der Waals surface area contributed by atoms with Crippen molar-refractivity contribution in [1.82, 2.24) is 9.47 Å². The van der Waals surface area contributed by atoms with Gasteiger partial charge in [0.15, 0.2) is 0 Å². The quantitative estimate of drug-likeness (QED) is 0.646. The van der Waals surface area contributed by atoms with Crippen LogP contribution in [0, 0.1) is 11.8 Å². The molecule has 0 spiro atoms. The summed E-state index contributed by atoms with van der Waals surface area (Å²) >= 11 is 3.44. The van der Waals surface area contributed by atoms with E-state index in [0.717, 1.165) is 44.6 Å². The summed E-state index contributed by atoms with van der Waals surface area (Å²) in [6, 6.07) is 11.9. The highest BCUT2D eigenvalue weighted by Crippen LogP contribution is 2.24. The maximum atomic E-state index is 12.7. The molecule has 4 nitrogen and oxygen atoms in total. The second-order valence-electron chi connectivity index (χ2n) is 7.65. The van der Waals surface area contributed by atoms with Crippen molar-refractivity contribution in [2.75, 3.05) is 19.6 Å². The predicted octanol–water partition coefficient (Wildman–Crippen LogP) is 4.52. The third kappa shape index (κ3) is 5.69. The van der Waals surface area contributed by atoms with Crippen LogP contribution in [-0.2, 0) is 13.2 Å². The molecule has 1 aliphatic rings. The van der Waals surface area contributed by atoms with E-state index in [2.05, 4.69) is 34.7 Å². The van der Waals surface area contributed by atoms with Crippen molar-refractivity contribution in [3.63, 3.8) is 0 Å². The van der Waals surface area contributed by atoms with Gasteiger partial charge in [0, 0.05) is 19.3 Å². The zero-order valence-electron chi connectivity index (χ0n) is 16.2. The van der Waals surface area contributed by atoms with Gasteiger partial charge in [-0.3, -0.25) is 4.79 Å². The van der Waals surface area contributed by atoms with Crippen molar-refractivity contribution >= 4 is 15.9 Å². The summed E-state index contributed by atoms with van der Waals surface area (Å²) in [5.74, 6) is 2.61. The second kappa shape index (κ2) is 9.56. The summed E-state index contributed by atoms with van der Waals surface area (Å²) in [6.07, 6.45) is 4.15. The topological polar surface area (TPSA) is 34.5 Å². The van der Waals surface area contributed by atoms with E-state index in [1.807, 2.05) is 47.2 Å². The molecule has 1 fully saturated rings. The van der Waals surface area contributed by atoms with Crippen LogP contribution in [0.2, 0.25) is 0 Å². The maximum Gasteiger partial charge on any atom is 0.268 e. The molecule has 1 aromatic carbocycles. The Balaban J connectivity index is 1.58. The first-order chi connectivity index (χ1) is 13.0. The highest BCUT2D eigenvalue weighted by atomic mass is 79.9. The molecule has 0 aliphatic carbocycles. The van der Waals surface area contributed by atoms with Crippen LogP contribution in [0.3, 0.4) is 0 Å². The molecule has 1 aromatic heterocycles. The maximum absolute atomic E-state index is 12.7. The minimum Gasteiger partial charge on any atom is -0.487 e. The average molecular weight is 432 g/mol. The monoisotopic (exact) mass is 431 g/mol. The number of piperidine rings is 1. The third-order valence-corrected chi connectivity index (χ3v) is 5.74. The lowest BCUT2D eigenvalue weighted by atomic mass is 9.96. The van der Waals surface area contributed by atoms with Crippen molar-refractivity contribution in [3.8, 4) is 5.75 Å². The number of ether oxygens (including phenoxy) is 1. The molecule has 0 atom stereocenters. The summed E-state index contributed by atoms with van der Waals surface area (Å²) in [7, 11) is 0. The van der Waals surface area contributed by atoms with E-state index < -0.39 is 0 Å². The summed E-state index contributed by atoms with van der Waals surface area (Å²) < 4.78 is 8.16. The zero-order chi connectivity index (χ0) is 19.2. The number of halogens is 1. The molecular formula is C22H28BrN2O2. The molecule has 27 heavy (non-hydrogen) atoms. The fraction of sp³-hybridized carbons (Fsp3) is 0.455. The SMILES string of the molecule is C[C](C)CN1CCC(Cn2ccc(OCc3ccccc3)c(Br)c2=O)CC1. The first-order valence-electron chi connectivity index (χ1n) is 9.60. The standard InChI is InChI=1S/C22H28BrN2O2/c1-17(2)14-24-11-8-18(9-12-24)15-25-13-10-20(21(23)22(25)26)27-16-19-6-4-3-5-7-19/h3-7,10,13,18H,8-9,11-12,14-16H2,1-2H3. The molecule has 0 N–H and O–H groups in total. The Labute approximate surface area is 170 Å². The van der Waals surface area contributed by atoms with Crippen molar-refractivity contribution < 1.29 is 4.74 Å². The molecule has 0 bridgehead atoms. The lowest BCUT2D eigenvalue weighted by molar-refractivity contribution is 0.178. The summed E-state index contributed by atoms with van der Waals surface area (Å²) in [6.45, 7) is 8.92. The van der Waals surface area contributed by atoms with Gasteiger partial charge >= 0.3 is 0 Å². The van der Waals surface area contributed by atoms with Crippen molar-refractivity contribution in [1.29, 1.82) is 0 Å². The van der Waals surface area contributed by atoms with Gasteiger partial charge in [-0.15, -0.1) is 0 Å². The van der Waals surface area contributed by atoms with E-state index in [0.29, 0.717) is 22.7 Å². The smallest absolute Gasteiger partial charge is 0.268 e. The van der Waals surface area contributed by atoms with Crippen molar-refractivity contribution in [2.45, 2.75) is 39.8 Å². The van der Waals surface area contributed by atoms with Gasteiger partial charge in [-0.05, 0) is 65.3 Å². The summed E-state index contributed by atoms with van der Waals surface area (Å²) in [5, 5.41) is 0. The minimum atomic E-state index is -0.0132. The lowest BCUT2D eigenvalue weighted by Crippen LogP contribution is -2.37. The van der Waals surface area contributed by atoms with E-state index >= 15 is 0 Å². The Morgan fingerprint density at radius 1 is 1.15 bits per heavy atom. The average Bonchev–Trinajstić information content (AvgIpc) is 2.67. The van der Waals surface area contributed by atoms with Gasteiger partial charge in [0.1, 0.15) is 16.8 Å². The van der Waals surface area contributed by atoms with Crippen molar-refractivity contribution in [3.05, 3.63) is 68.9 Å². The minimum absolute atomic E-state index is 0.0132. The first-order valence-corrected chi connectivity index (χ1v) is 10.4. The van der Waals surface area contributed by atoms with Crippen LogP contribution in [0.15, 0.2) is 51.9 Å². The van der Waals surface area contributed by atoms with Crippen LogP contribution in [0.5, 0.6) is 5.75 Å². The highest BCUT2D eigenvalue weighted by molar-refractivity contribution is 9.10. The Morgan fingerprint density at radius 2 is 1.85 bits per heavy atom. The van der Waals surface area contributed by atoms with E-state index in [-0.39, 0.29) is 5.56 Å². The third-order valence-electron chi connectivity index (χ3n) is 5.01. The van der Waals surface area contributed by atoms with Gasteiger partial charge in [0.05, 0.1) is 0 Å². The van der Waals surface area contributed by atoms with Gasteiger partial charge in [-0.1, -0.05) is 44.2 Å². The second-order valence-corrected chi connectivity index (χ2v) is 8.45. The molecule has 1 saturated heterocycles. The lowest BCUT2D eigenvalue weighted by Gasteiger charge is -2.33. The number of likely N-dealkylation sites (tertiary alicyclic amines) is 1. The molecule has 1 aliphatic heterocycles. The number of aromatic nitrogens is 1. The van der Waals surface area contributed by atoms with Gasteiger partial charge in [0.25, 0.3) is 5.56 Å². The molecule has 2 heterocycles. The molecule has 0 unspecified atom stereocenters. The Hall–Kier alpha value is -1.59. The predicted molar refractivity (Wildman–Crippen MR) is 113 cm³/mol. The van der Waals surface area contributed by atoms with Crippen LogP contribution in [0.1, 0.15) is 32.3 Å². The van der Waals surface area contributed by atoms with E-state index in [4.69, 9.17) is 4.74 Å². The molecule has 145 valence electrons. The van der Waals surface area contributed by atoms with Gasteiger partial charge in [-0.2, -0.15) is 0 Å². The van der Waals surface area contributed by atoms with Crippen molar-refractivity contribution in [2.24, 2.45) is 5.92 Å². The molecule has 5 heteroatoms. The molecule has 3 rings (SSSR count). The van der Waals surface area contributed by atoms with Gasteiger partial charge in [0.2, 0.25) is 0 Å². The number of nitrogens with zero attached hydrogens (tertiary/aromatic N) is 2. The number of hydrogen-bond donors (Lipinski definition) is 0. The van der Waals surface area contributed by atoms with E-state index in [9.17, 15) is 4.79 Å². The van der Waals surface area contributed by atoms with Gasteiger partial charge < -0.3 is 14.2 Å². The molecule has 2 aromatic rings. The van der Waals surface area contributed by atoms with Crippen LogP contribution in [-0.4, -0.2) is 29.1 Å². The Kier molecular flexibility index (Phi) is 7.13. The molecule has 1 radical (unpaired) electrons. The van der Waals surface area contributed by atoms with Crippen LogP contribution in [0.4, 0.5) is 0 Å². The fourth-order valence-corrected chi connectivity index (χ4v) is 4.05. The van der Waals surface area contributed by atoms with E-state index in [1.54, 1.807) is 0 Å². The Morgan fingerprint density at radius 3 is 2.52 bits per heavy atom. The van der Waals surface area contributed by atoms with Crippen LogP contribution < -0.4 is 10.3 Å². The molecule has 0 amide bonds. The first kappa shape index (κ1) is 20.2. The largest absolute Gasteiger partial charge is 0.487 e. The number of pyridine rings is 1. The van der Waals surface area contributed by atoms with Gasteiger partial charge in [-0.25, -0.2) is 0 Å². The number of benzene rings is 1. The summed E-state index contributed by atoms with van der Waals surface area (Å²) in [5.41, 5.74) is 1.07. The summed E-state index contributed by atoms with van der Waals surface area (Å²) in [4.78, 5) is 15.2. The zero-order valence-corrected chi connectivity index (χ0v) is 17.7. The molecule has 0 saturated carbocycles. The van der Waals surface area contributed by atoms with E-state index in [1.165, 1.54) is 5.92 Å².